The van der Waals surface area contributed by atoms with E-state index in [1.54, 1.807) is 10.8 Å². The van der Waals surface area contributed by atoms with Crippen LogP contribution in [0.2, 0.25) is 5.02 Å². The van der Waals surface area contributed by atoms with Gasteiger partial charge < -0.3 is 20.1 Å². The minimum absolute atomic E-state index is 0.0526. The highest BCUT2D eigenvalue weighted by molar-refractivity contribution is 6.30. The highest BCUT2D eigenvalue weighted by atomic mass is 35.5. The van der Waals surface area contributed by atoms with Crippen LogP contribution in [0.15, 0.2) is 35.3 Å². The molecule has 2 heterocycles. The maximum atomic E-state index is 12.8. The second kappa shape index (κ2) is 10.6. The normalized spacial score (nSPS) is 14.9. The molecule has 6 nitrogen and oxygen atoms in total. The van der Waals surface area contributed by atoms with Crippen molar-refractivity contribution in [2.45, 2.75) is 39.3 Å². The molecule has 1 aliphatic heterocycles. The number of nitrogens with zero attached hydrogens (tertiary/aromatic N) is 3. The van der Waals surface area contributed by atoms with Crippen LogP contribution in [0.4, 0.5) is 5.82 Å². The van der Waals surface area contributed by atoms with E-state index in [4.69, 9.17) is 11.6 Å². The molecular formula is C21H30ClN5O. The lowest BCUT2D eigenvalue weighted by molar-refractivity contribution is 0.237. The van der Waals surface area contributed by atoms with E-state index in [9.17, 15) is 4.79 Å². The van der Waals surface area contributed by atoms with Crippen LogP contribution in [0.3, 0.4) is 0 Å². The summed E-state index contributed by atoms with van der Waals surface area (Å²) >= 11 is 6.01. The number of nitrogens with one attached hydrogen (secondary N) is 2. The molecule has 0 aliphatic carbocycles. The third-order valence-electron chi connectivity index (χ3n) is 5.15. The Morgan fingerprint density at radius 3 is 2.75 bits per heavy atom. The van der Waals surface area contributed by atoms with E-state index in [1.165, 1.54) is 19.3 Å². The van der Waals surface area contributed by atoms with Crippen LogP contribution in [0.5, 0.6) is 0 Å². The molecule has 1 fully saturated rings. The van der Waals surface area contributed by atoms with Gasteiger partial charge >= 0.3 is 0 Å². The largest absolute Gasteiger partial charge is 0.364 e. The molecule has 1 aromatic heterocycles. The summed E-state index contributed by atoms with van der Waals surface area (Å²) in [4.78, 5) is 19.5. The van der Waals surface area contributed by atoms with E-state index in [1.807, 2.05) is 31.2 Å². The van der Waals surface area contributed by atoms with E-state index in [0.717, 1.165) is 49.0 Å². The maximum absolute atomic E-state index is 12.8. The molecule has 3 rings (SSSR count). The Morgan fingerprint density at radius 1 is 1.14 bits per heavy atom. The van der Waals surface area contributed by atoms with Gasteiger partial charge in [-0.15, -0.1) is 0 Å². The molecule has 0 saturated carbocycles. The minimum Gasteiger partial charge on any atom is -0.364 e. The van der Waals surface area contributed by atoms with E-state index in [0.29, 0.717) is 18.9 Å². The summed E-state index contributed by atoms with van der Waals surface area (Å²) in [6, 6.07) is 7.79. The van der Waals surface area contributed by atoms with Gasteiger partial charge in [-0.2, -0.15) is 0 Å². The van der Waals surface area contributed by atoms with Crippen molar-refractivity contribution < 1.29 is 0 Å². The number of anilines is 1. The highest BCUT2D eigenvalue weighted by Gasteiger charge is 2.11. The van der Waals surface area contributed by atoms with E-state index >= 15 is 0 Å². The first-order chi connectivity index (χ1) is 13.6. The summed E-state index contributed by atoms with van der Waals surface area (Å²) in [5, 5.41) is 7.34. The molecule has 0 bridgehead atoms. The number of aryl methyl sites for hydroxylation is 1. The average Bonchev–Trinajstić information content (AvgIpc) is 2.70. The van der Waals surface area contributed by atoms with Crippen molar-refractivity contribution in [3.05, 3.63) is 57.1 Å². The zero-order chi connectivity index (χ0) is 19.8. The smallest absolute Gasteiger partial charge is 0.293 e. The van der Waals surface area contributed by atoms with E-state index in [-0.39, 0.29) is 5.56 Å². The molecule has 1 aliphatic rings. The molecule has 0 unspecified atom stereocenters. The molecule has 1 aromatic carbocycles. The van der Waals surface area contributed by atoms with Crippen LogP contribution in [0, 0.1) is 6.92 Å². The van der Waals surface area contributed by atoms with Gasteiger partial charge in [0.2, 0.25) is 0 Å². The summed E-state index contributed by atoms with van der Waals surface area (Å²) in [5.41, 5.74) is 1.95. The quantitative estimate of drug-likeness (QED) is 0.630. The van der Waals surface area contributed by atoms with Crippen molar-refractivity contribution in [3.8, 4) is 0 Å². The molecule has 0 spiro atoms. The topological polar surface area (TPSA) is 62.2 Å². The highest BCUT2D eigenvalue weighted by Crippen LogP contribution is 2.10. The van der Waals surface area contributed by atoms with E-state index in [2.05, 4.69) is 20.5 Å². The van der Waals surface area contributed by atoms with Gasteiger partial charge in [0.25, 0.3) is 5.56 Å². The standard InChI is InChI=1S/C21H30ClN5O/c1-17-15-25-20(24-9-12-26-10-3-2-4-11-26)21(28)27(17)13-8-23-16-18-6-5-7-19(22)14-18/h5-7,14-15,23H,2-4,8-13,16H2,1H3,(H,24,25). The van der Waals surface area contributed by atoms with Crippen molar-refractivity contribution in [2.24, 2.45) is 0 Å². The number of rotatable bonds is 9. The van der Waals surface area contributed by atoms with Crippen molar-refractivity contribution in [1.29, 1.82) is 0 Å². The van der Waals surface area contributed by atoms with E-state index < -0.39 is 0 Å². The van der Waals surface area contributed by atoms with Crippen LogP contribution >= 0.6 is 11.6 Å². The number of aromatic nitrogens is 2. The first-order valence-corrected chi connectivity index (χ1v) is 10.5. The van der Waals surface area contributed by atoms with Crippen molar-refractivity contribution >= 4 is 17.4 Å². The third-order valence-corrected chi connectivity index (χ3v) is 5.39. The molecule has 0 amide bonds. The number of likely N-dealkylation sites (tertiary alicyclic amines) is 1. The first kappa shape index (κ1) is 20.8. The summed E-state index contributed by atoms with van der Waals surface area (Å²) in [7, 11) is 0. The van der Waals surface area contributed by atoms with Crippen LogP contribution in [0.25, 0.3) is 0 Å². The second-order valence-corrected chi connectivity index (χ2v) is 7.78. The molecule has 1 saturated heterocycles. The zero-order valence-corrected chi connectivity index (χ0v) is 17.3. The molecule has 0 radical (unpaired) electrons. The number of piperidine rings is 1. The predicted molar refractivity (Wildman–Crippen MR) is 115 cm³/mol. The summed E-state index contributed by atoms with van der Waals surface area (Å²) in [6.45, 7) is 7.97. The van der Waals surface area contributed by atoms with Gasteiger partial charge in [0, 0.05) is 49.6 Å². The summed E-state index contributed by atoms with van der Waals surface area (Å²) in [6.07, 6.45) is 5.65. The predicted octanol–water partition coefficient (Wildman–Crippen LogP) is 2.89. The second-order valence-electron chi connectivity index (χ2n) is 7.34. The van der Waals surface area contributed by atoms with Crippen molar-refractivity contribution in [1.82, 2.24) is 19.8 Å². The summed E-state index contributed by atoms with van der Waals surface area (Å²) in [5.74, 6) is 0.442. The number of benzene rings is 1. The Morgan fingerprint density at radius 2 is 1.96 bits per heavy atom. The lowest BCUT2D eigenvalue weighted by atomic mass is 10.1. The Hall–Kier alpha value is -1.89. The Bertz CT molecular complexity index is 817. The monoisotopic (exact) mass is 403 g/mol. The lowest BCUT2D eigenvalue weighted by Gasteiger charge is -2.26. The Kier molecular flexibility index (Phi) is 7.89. The van der Waals surface area contributed by atoms with Gasteiger partial charge in [-0.3, -0.25) is 4.79 Å². The van der Waals surface area contributed by atoms with Crippen LogP contribution in [0.1, 0.15) is 30.5 Å². The van der Waals surface area contributed by atoms with Gasteiger partial charge in [0.1, 0.15) is 0 Å². The maximum Gasteiger partial charge on any atom is 0.293 e. The third kappa shape index (κ3) is 6.06. The number of halogens is 1. The van der Waals surface area contributed by atoms with Gasteiger partial charge in [0.15, 0.2) is 5.82 Å². The zero-order valence-electron chi connectivity index (χ0n) is 16.6. The first-order valence-electron chi connectivity index (χ1n) is 10.1. The number of hydrogen-bond donors (Lipinski definition) is 2. The average molecular weight is 404 g/mol. The lowest BCUT2D eigenvalue weighted by Crippen LogP contribution is -2.35. The molecule has 7 heteroatoms. The van der Waals surface area contributed by atoms with Crippen molar-refractivity contribution in [3.63, 3.8) is 0 Å². The Balaban J connectivity index is 1.49. The molecule has 152 valence electrons. The minimum atomic E-state index is -0.0526. The van der Waals surface area contributed by atoms with Gasteiger partial charge in [-0.1, -0.05) is 30.2 Å². The molecule has 2 aromatic rings. The van der Waals surface area contributed by atoms with Gasteiger partial charge in [-0.05, 0) is 50.6 Å². The van der Waals surface area contributed by atoms with Gasteiger partial charge in [-0.25, -0.2) is 4.98 Å². The van der Waals surface area contributed by atoms with Crippen LogP contribution in [-0.4, -0.2) is 47.2 Å². The SMILES string of the molecule is Cc1cnc(NCCN2CCCCC2)c(=O)n1CCNCc1cccc(Cl)c1. The molecule has 0 atom stereocenters. The fraction of sp³-hybridized carbons (Fsp3) is 0.524. The van der Waals surface area contributed by atoms with Crippen molar-refractivity contribution in [2.75, 3.05) is 38.0 Å². The Labute approximate surface area is 171 Å². The van der Waals surface area contributed by atoms with Gasteiger partial charge in [0.05, 0.1) is 0 Å². The van der Waals surface area contributed by atoms with Crippen LogP contribution in [-0.2, 0) is 13.1 Å². The fourth-order valence-electron chi connectivity index (χ4n) is 3.56. The van der Waals surface area contributed by atoms with Crippen LogP contribution < -0.4 is 16.2 Å². The fourth-order valence-corrected chi connectivity index (χ4v) is 3.77. The number of hydrogen-bond acceptors (Lipinski definition) is 5. The summed E-state index contributed by atoms with van der Waals surface area (Å²) < 4.78 is 1.78. The molecular weight excluding hydrogens is 374 g/mol. The molecule has 2 N–H and O–H groups in total. The molecule has 28 heavy (non-hydrogen) atoms.